The van der Waals surface area contributed by atoms with E-state index < -0.39 is 0 Å². The number of nitrogens with one attached hydrogen (secondary N) is 1. The predicted molar refractivity (Wildman–Crippen MR) is 121 cm³/mol. The number of para-hydroxylation sites is 1. The molecule has 0 radical (unpaired) electrons. The zero-order valence-corrected chi connectivity index (χ0v) is 16.9. The molecule has 2 aromatic heterocycles. The molecule has 1 amide bonds. The van der Waals surface area contributed by atoms with E-state index in [2.05, 4.69) is 10.3 Å². The van der Waals surface area contributed by atoms with Crippen molar-refractivity contribution < 1.29 is 9.59 Å². The Morgan fingerprint density at radius 3 is 2.58 bits per heavy atom. The van der Waals surface area contributed by atoms with Gasteiger partial charge in [0.15, 0.2) is 5.78 Å². The zero-order chi connectivity index (χ0) is 21.6. The number of hydrogen-bond acceptors (Lipinski definition) is 4. The van der Waals surface area contributed by atoms with Gasteiger partial charge in [0.05, 0.1) is 5.69 Å². The van der Waals surface area contributed by atoms with Gasteiger partial charge in [-0.25, -0.2) is 4.68 Å². The number of benzene rings is 2. The third-order valence-corrected chi connectivity index (χ3v) is 4.65. The third kappa shape index (κ3) is 4.82. The first kappa shape index (κ1) is 20.0. The summed E-state index contributed by atoms with van der Waals surface area (Å²) in [4.78, 5) is 28.2. The van der Waals surface area contributed by atoms with E-state index >= 15 is 0 Å². The summed E-state index contributed by atoms with van der Waals surface area (Å²) in [6.45, 7) is 1.49. The monoisotopic (exact) mass is 408 g/mol. The first-order valence-corrected chi connectivity index (χ1v) is 9.76. The fourth-order valence-corrected chi connectivity index (χ4v) is 3.11. The maximum Gasteiger partial charge on any atom is 0.248 e. The SMILES string of the molecule is CC(=O)c1cccc(NC(=O)/C=C/c2cn(-c3ccccc3)nc2-c2cccnc2)c1. The first-order valence-electron chi connectivity index (χ1n) is 9.76. The molecule has 1 N–H and O–H groups in total. The Labute approximate surface area is 179 Å². The standard InChI is InChI=1S/C25H20N4O2/c1-18(30)19-7-5-9-22(15-19)27-24(31)13-12-21-17-29(23-10-3-2-4-11-23)28-25(21)20-8-6-14-26-16-20/h2-17H,1H3,(H,27,31)/b13-12+. The highest BCUT2D eigenvalue weighted by Gasteiger charge is 2.11. The number of rotatable bonds is 6. The molecule has 0 fully saturated rings. The normalized spacial score (nSPS) is 10.9. The van der Waals surface area contributed by atoms with Gasteiger partial charge >= 0.3 is 0 Å². The smallest absolute Gasteiger partial charge is 0.248 e. The van der Waals surface area contributed by atoms with E-state index in [-0.39, 0.29) is 11.7 Å². The molecule has 0 saturated carbocycles. The molecule has 6 nitrogen and oxygen atoms in total. The van der Waals surface area contributed by atoms with E-state index in [1.807, 2.05) is 48.7 Å². The molecule has 152 valence electrons. The molecule has 0 atom stereocenters. The second-order valence-corrected chi connectivity index (χ2v) is 6.91. The summed E-state index contributed by atoms with van der Waals surface area (Å²) in [5.41, 5.74) is 4.38. The molecule has 0 aliphatic heterocycles. The fourth-order valence-electron chi connectivity index (χ4n) is 3.11. The average Bonchev–Trinajstić information content (AvgIpc) is 3.23. The van der Waals surface area contributed by atoms with Crippen LogP contribution in [0.2, 0.25) is 0 Å². The number of pyridine rings is 1. The highest BCUT2D eigenvalue weighted by molar-refractivity contribution is 6.03. The second-order valence-electron chi connectivity index (χ2n) is 6.91. The molecule has 0 saturated heterocycles. The summed E-state index contributed by atoms with van der Waals surface area (Å²) >= 11 is 0. The number of hydrogen-bond donors (Lipinski definition) is 1. The maximum atomic E-state index is 12.5. The Morgan fingerprint density at radius 1 is 1.00 bits per heavy atom. The third-order valence-electron chi connectivity index (χ3n) is 4.65. The van der Waals surface area contributed by atoms with Gasteiger partial charge < -0.3 is 5.32 Å². The Kier molecular flexibility index (Phi) is 5.80. The van der Waals surface area contributed by atoms with Gasteiger partial charge in [-0.15, -0.1) is 0 Å². The lowest BCUT2D eigenvalue weighted by molar-refractivity contribution is -0.111. The van der Waals surface area contributed by atoms with E-state index in [0.717, 1.165) is 22.5 Å². The Balaban J connectivity index is 1.61. The number of ketones is 1. The maximum absolute atomic E-state index is 12.5. The van der Waals surface area contributed by atoms with E-state index in [1.165, 1.54) is 13.0 Å². The number of Topliss-reactive ketones (excluding diaryl/α,β-unsaturated/α-hetero) is 1. The summed E-state index contributed by atoms with van der Waals surface area (Å²) in [6.07, 6.45) is 8.49. The molecule has 0 spiro atoms. The van der Waals surface area contributed by atoms with Crippen molar-refractivity contribution in [2.24, 2.45) is 0 Å². The van der Waals surface area contributed by atoms with Crippen LogP contribution >= 0.6 is 0 Å². The zero-order valence-electron chi connectivity index (χ0n) is 16.9. The van der Waals surface area contributed by atoms with Crippen molar-refractivity contribution in [3.05, 3.63) is 103 Å². The molecule has 0 aliphatic carbocycles. The lowest BCUT2D eigenvalue weighted by Crippen LogP contribution is -2.08. The van der Waals surface area contributed by atoms with E-state index in [9.17, 15) is 9.59 Å². The molecule has 0 bridgehead atoms. The lowest BCUT2D eigenvalue weighted by atomic mass is 10.1. The summed E-state index contributed by atoms with van der Waals surface area (Å²) in [7, 11) is 0. The van der Waals surface area contributed by atoms with E-state index in [1.54, 1.807) is 47.4 Å². The van der Waals surface area contributed by atoms with Crippen LogP contribution in [0.4, 0.5) is 5.69 Å². The molecule has 0 unspecified atom stereocenters. The molecular formula is C25H20N4O2. The summed E-state index contributed by atoms with van der Waals surface area (Å²) in [5, 5.41) is 7.49. The molecule has 2 heterocycles. The number of carbonyl (C=O) groups excluding carboxylic acids is 2. The van der Waals surface area contributed by atoms with Gasteiger partial charge in [0.1, 0.15) is 5.69 Å². The van der Waals surface area contributed by atoms with Gasteiger partial charge in [-0.1, -0.05) is 30.3 Å². The van der Waals surface area contributed by atoms with Crippen molar-refractivity contribution in [1.82, 2.24) is 14.8 Å². The van der Waals surface area contributed by atoms with Crippen molar-refractivity contribution in [3.63, 3.8) is 0 Å². The van der Waals surface area contributed by atoms with Crippen LogP contribution in [0.1, 0.15) is 22.8 Å². The van der Waals surface area contributed by atoms with Crippen LogP contribution in [-0.4, -0.2) is 26.5 Å². The van der Waals surface area contributed by atoms with Crippen LogP contribution < -0.4 is 5.32 Å². The Morgan fingerprint density at radius 2 is 1.84 bits per heavy atom. The van der Waals surface area contributed by atoms with Gasteiger partial charge in [-0.2, -0.15) is 5.10 Å². The van der Waals surface area contributed by atoms with Crippen molar-refractivity contribution in [2.45, 2.75) is 6.92 Å². The molecule has 31 heavy (non-hydrogen) atoms. The van der Waals surface area contributed by atoms with Crippen molar-refractivity contribution in [3.8, 4) is 16.9 Å². The fraction of sp³-hybridized carbons (Fsp3) is 0.0400. The minimum Gasteiger partial charge on any atom is -0.322 e. The summed E-state index contributed by atoms with van der Waals surface area (Å²) < 4.78 is 1.77. The van der Waals surface area contributed by atoms with Gasteiger partial charge in [-0.05, 0) is 49.4 Å². The van der Waals surface area contributed by atoms with Crippen LogP contribution in [0.5, 0.6) is 0 Å². The van der Waals surface area contributed by atoms with Gasteiger partial charge in [0.25, 0.3) is 0 Å². The molecular weight excluding hydrogens is 388 g/mol. The van der Waals surface area contributed by atoms with Crippen LogP contribution in [0, 0.1) is 0 Å². The predicted octanol–water partition coefficient (Wildman–Crippen LogP) is 4.79. The van der Waals surface area contributed by atoms with Gasteiger partial charge in [-0.3, -0.25) is 14.6 Å². The molecule has 4 rings (SSSR count). The van der Waals surface area contributed by atoms with Crippen molar-refractivity contribution in [2.75, 3.05) is 5.32 Å². The van der Waals surface area contributed by atoms with Crippen molar-refractivity contribution >= 4 is 23.5 Å². The minimum absolute atomic E-state index is 0.0546. The van der Waals surface area contributed by atoms with Crippen LogP contribution in [0.25, 0.3) is 23.0 Å². The quantitative estimate of drug-likeness (QED) is 0.368. The highest BCUT2D eigenvalue weighted by atomic mass is 16.1. The number of amides is 1. The highest BCUT2D eigenvalue weighted by Crippen LogP contribution is 2.24. The van der Waals surface area contributed by atoms with Crippen LogP contribution in [-0.2, 0) is 4.79 Å². The summed E-state index contributed by atoms with van der Waals surface area (Å²) in [6, 6.07) is 20.4. The van der Waals surface area contributed by atoms with Crippen molar-refractivity contribution in [1.29, 1.82) is 0 Å². The average molecular weight is 408 g/mol. The van der Waals surface area contributed by atoms with Crippen LogP contribution in [0.15, 0.2) is 91.4 Å². The van der Waals surface area contributed by atoms with Gasteiger partial charge in [0.2, 0.25) is 5.91 Å². The second kappa shape index (κ2) is 9.00. The van der Waals surface area contributed by atoms with E-state index in [4.69, 9.17) is 5.10 Å². The molecule has 4 aromatic rings. The first-order chi connectivity index (χ1) is 15.1. The number of aromatic nitrogens is 3. The molecule has 2 aromatic carbocycles. The number of anilines is 1. The topological polar surface area (TPSA) is 76.9 Å². The molecule has 6 heteroatoms. The van der Waals surface area contributed by atoms with Crippen LogP contribution in [0.3, 0.4) is 0 Å². The molecule has 0 aliphatic rings. The van der Waals surface area contributed by atoms with E-state index in [0.29, 0.717) is 11.3 Å². The Hall–Kier alpha value is -4.32. The Bertz CT molecular complexity index is 1250. The lowest BCUT2D eigenvalue weighted by Gasteiger charge is -2.03. The van der Waals surface area contributed by atoms with Gasteiger partial charge in [0, 0.05) is 47.0 Å². The number of carbonyl (C=O) groups is 2. The summed E-state index contributed by atoms with van der Waals surface area (Å²) in [5.74, 6) is -0.355. The largest absolute Gasteiger partial charge is 0.322 e. The minimum atomic E-state index is -0.301. The number of nitrogens with zero attached hydrogens (tertiary/aromatic N) is 3.